The van der Waals surface area contributed by atoms with E-state index in [0.717, 1.165) is 30.4 Å². The summed E-state index contributed by atoms with van der Waals surface area (Å²) in [5.74, 6) is 2.52. The number of nitrogens with zero attached hydrogens (tertiary/aromatic N) is 2. The second kappa shape index (κ2) is 5.53. The van der Waals surface area contributed by atoms with Gasteiger partial charge in [-0.15, -0.1) is 11.6 Å². The molecule has 2 nitrogen and oxygen atoms in total. The molecule has 1 aliphatic rings. The first-order chi connectivity index (χ1) is 7.83. The molecule has 16 heavy (non-hydrogen) atoms. The van der Waals surface area contributed by atoms with Gasteiger partial charge in [-0.2, -0.15) is 0 Å². The maximum atomic E-state index is 5.84. The van der Waals surface area contributed by atoms with Crippen molar-refractivity contribution in [3.63, 3.8) is 0 Å². The maximum Gasteiger partial charge on any atom is 0.128 e. The molecule has 0 aromatic carbocycles. The molecule has 0 unspecified atom stereocenters. The normalized spacial score (nSPS) is 15.9. The lowest BCUT2D eigenvalue weighted by atomic mass is 9.85. The van der Waals surface area contributed by atoms with Gasteiger partial charge >= 0.3 is 0 Å². The zero-order chi connectivity index (χ0) is 11.4. The second-order valence-electron chi connectivity index (χ2n) is 4.49. The molecular formula is C13H19ClN2. The van der Waals surface area contributed by atoms with E-state index >= 15 is 0 Å². The van der Waals surface area contributed by atoms with E-state index in [0.29, 0.717) is 5.88 Å². The molecule has 0 bridgehead atoms. The third-order valence-electron chi connectivity index (χ3n) is 3.37. The molecule has 1 aromatic rings. The van der Waals surface area contributed by atoms with Crippen LogP contribution >= 0.6 is 11.6 Å². The quantitative estimate of drug-likeness (QED) is 0.731. The first kappa shape index (κ1) is 11.7. The van der Waals surface area contributed by atoms with E-state index < -0.39 is 0 Å². The van der Waals surface area contributed by atoms with Crippen molar-refractivity contribution in [2.75, 3.05) is 18.0 Å². The smallest absolute Gasteiger partial charge is 0.128 e. The van der Waals surface area contributed by atoms with Crippen molar-refractivity contribution in [2.45, 2.75) is 32.1 Å². The van der Waals surface area contributed by atoms with Gasteiger partial charge in [0.2, 0.25) is 0 Å². The topological polar surface area (TPSA) is 16.1 Å². The lowest BCUT2D eigenvalue weighted by Gasteiger charge is -2.32. The van der Waals surface area contributed by atoms with Crippen LogP contribution in [0.1, 0.15) is 31.7 Å². The van der Waals surface area contributed by atoms with E-state index in [9.17, 15) is 0 Å². The number of pyridine rings is 1. The molecular weight excluding hydrogens is 220 g/mol. The van der Waals surface area contributed by atoms with Gasteiger partial charge < -0.3 is 4.90 Å². The van der Waals surface area contributed by atoms with Crippen molar-refractivity contribution < 1.29 is 0 Å². The van der Waals surface area contributed by atoms with Gasteiger partial charge in [0.15, 0.2) is 0 Å². The van der Waals surface area contributed by atoms with E-state index in [-0.39, 0.29) is 0 Å². The Hall–Kier alpha value is -0.760. The van der Waals surface area contributed by atoms with Crippen LogP contribution in [0.4, 0.5) is 5.82 Å². The maximum absolute atomic E-state index is 5.84. The van der Waals surface area contributed by atoms with Gasteiger partial charge in [0, 0.05) is 25.2 Å². The van der Waals surface area contributed by atoms with E-state index in [1.54, 1.807) is 0 Å². The molecule has 1 aromatic heterocycles. The first-order valence-electron chi connectivity index (χ1n) is 6.09. The Morgan fingerprint density at radius 2 is 2.31 bits per heavy atom. The highest BCUT2D eigenvalue weighted by Gasteiger charge is 2.20. The Morgan fingerprint density at radius 1 is 1.50 bits per heavy atom. The summed E-state index contributed by atoms with van der Waals surface area (Å²) in [4.78, 5) is 6.80. The molecule has 0 radical (unpaired) electrons. The van der Waals surface area contributed by atoms with Gasteiger partial charge in [-0.25, -0.2) is 4.98 Å². The van der Waals surface area contributed by atoms with E-state index in [2.05, 4.69) is 22.9 Å². The molecule has 0 N–H and O–H groups in total. The molecule has 2 rings (SSSR count). The lowest BCUT2D eigenvalue weighted by molar-refractivity contribution is 0.318. The Labute approximate surface area is 103 Å². The minimum Gasteiger partial charge on any atom is -0.357 e. The van der Waals surface area contributed by atoms with Crippen LogP contribution in [0, 0.1) is 5.92 Å². The fraction of sp³-hybridized carbons (Fsp3) is 0.615. The number of rotatable bonds is 5. The fourth-order valence-corrected chi connectivity index (χ4v) is 2.25. The number of hydrogen-bond acceptors (Lipinski definition) is 2. The predicted octanol–water partition coefficient (Wildman–Crippen LogP) is 3.45. The standard InChI is InChI=1S/C13H19ClN2/c1-2-16(10-11-4-3-5-11)13-8-12(9-14)6-7-15-13/h6-8,11H,2-5,9-10H2,1H3. The number of anilines is 1. The summed E-state index contributed by atoms with van der Waals surface area (Å²) in [5, 5.41) is 0. The molecule has 0 spiro atoms. The van der Waals surface area contributed by atoms with Crippen LogP contribution in [0.2, 0.25) is 0 Å². The third-order valence-corrected chi connectivity index (χ3v) is 3.68. The summed E-state index contributed by atoms with van der Waals surface area (Å²) >= 11 is 5.84. The van der Waals surface area contributed by atoms with Crippen LogP contribution in [-0.2, 0) is 5.88 Å². The summed E-state index contributed by atoms with van der Waals surface area (Å²) in [6.45, 7) is 4.36. The average Bonchev–Trinajstić information content (AvgIpc) is 2.28. The highest BCUT2D eigenvalue weighted by Crippen LogP contribution is 2.28. The number of hydrogen-bond donors (Lipinski definition) is 0. The van der Waals surface area contributed by atoms with E-state index in [1.165, 1.54) is 19.3 Å². The summed E-state index contributed by atoms with van der Waals surface area (Å²) in [7, 11) is 0. The van der Waals surface area contributed by atoms with Gasteiger partial charge in [0.05, 0.1) is 0 Å². The molecule has 1 heterocycles. The largest absolute Gasteiger partial charge is 0.357 e. The van der Waals surface area contributed by atoms with Crippen LogP contribution in [0.25, 0.3) is 0 Å². The van der Waals surface area contributed by atoms with E-state index in [1.807, 2.05) is 12.3 Å². The van der Waals surface area contributed by atoms with Gasteiger partial charge in [-0.1, -0.05) is 6.42 Å². The number of alkyl halides is 1. The summed E-state index contributed by atoms with van der Waals surface area (Å²) < 4.78 is 0. The van der Waals surface area contributed by atoms with Crippen molar-refractivity contribution in [1.82, 2.24) is 4.98 Å². The molecule has 0 saturated heterocycles. The number of halogens is 1. The zero-order valence-electron chi connectivity index (χ0n) is 9.82. The average molecular weight is 239 g/mol. The van der Waals surface area contributed by atoms with Crippen molar-refractivity contribution >= 4 is 17.4 Å². The van der Waals surface area contributed by atoms with Crippen LogP contribution in [0.3, 0.4) is 0 Å². The van der Waals surface area contributed by atoms with Crippen molar-refractivity contribution in [2.24, 2.45) is 5.92 Å². The lowest BCUT2D eigenvalue weighted by Crippen LogP contribution is -2.33. The molecule has 0 atom stereocenters. The van der Waals surface area contributed by atoms with Crippen molar-refractivity contribution in [3.8, 4) is 0 Å². The molecule has 0 amide bonds. The zero-order valence-corrected chi connectivity index (χ0v) is 10.6. The highest BCUT2D eigenvalue weighted by molar-refractivity contribution is 6.17. The molecule has 1 fully saturated rings. The summed E-state index contributed by atoms with van der Waals surface area (Å²) in [6.07, 6.45) is 6.02. The Bertz CT molecular complexity index is 336. The Morgan fingerprint density at radius 3 is 2.88 bits per heavy atom. The second-order valence-corrected chi connectivity index (χ2v) is 4.76. The highest BCUT2D eigenvalue weighted by atomic mass is 35.5. The van der Waals surface area contributed by atoms with Crippen LogP contribution < -0.4 is 4.90 Å². The molecule has 1 saturated carbocycles. The summed E-state index contributed by atoms with van der Waals surface area (Å²) in [5.41, 5.74) is 1.15. The van der Waals surface area contributed by atoms with Crippen LogP contribution in [-0.4, -0.2) is 18.1 Å². The van der Waals surface area contributed by atoms with Crippen LogP contribution in [0.5, 0.6) is 0 Å². The van der Waals surface area contributed by atoms with Crippen LogP contribution in [0.15, 0.2) is 18.3 Å². The summed E-state index contributed by atoms with van der Waals surface area (Å²) in [6, 6.07) is 4.09. The van der Waals surface area contributed by atoms with Gasteiger partial charge in [0.1, 0.15) is 5.82 Å². The minimum absolute atomic E-state index is 0.566. The third kappa shape index (κ3) is 2.67. The SMILES string of the molecule is CCN(CC1CCC1)c1cc(CCl)ccn1. The molecule has 0 aliphatic heterocycles. The molecule has 88 valence electrons. The van der Waals surface area contributed by atoms with Gasteiger partial charge in [0.25, 0.3) is 0 Å². The first-order valence-corrected chi connectivity index (χ1v) is 6.62. The Kier molecular flexibility index (Phi) is 4.05. The van der Waals surface area contributed by atoms with E-state index in [4.69, 9.17) is 11.6 Å². The van der Waals surface area contributed by atoms with Crippen molar-refractivity contribution in [1.29, 1.82) is 0 Å². The predicted molar refractivity (Wildman–Crippen MR) is 69.0 cm³/mol. The fourth-order valence-electron chi connectivity index (χ4n) is 2.09. The molecule has 3 heteroatoms. The monoisotopic (exact) mass is 238 g/mol. The van der Waals surface area contributed by atoms with Gasteiger partial charge in [-0.3, -0.25) is 0 Å². The van der Waals surface area contributed by atoms with Gasteiger partial charge in [-0.05, 0) is 43.4 Å². The number of aromatic nitrogens is 1. The minimum atomic E-state index is 0.566. The van der Waals surface area contributed by atoms with Crippen molar-refractivity contribution in [3.05, 3.63) is 23.9 Å². The Balaban J connectivity index is 2.05. The molecule has 1 aliphatic carbocycles.